The number of allylic oxidation sites excluding steroid dienone is 4. The van der Waals surface area contributed by atoms with Crippen molar-refractivity contribution in [3.8, 4) is 0 Å². The van der Waals surface area contributed by atoms with E-state index in [0.29, 0.717) is 5.71 Å². The summed E-state index contributed by atoms with van der Waals surface area (Å²) in [5, 5.41) is 0. The molecule has 0 aromatic carbocycles. The first-order chi connectivity index (χ1) is 9.85. The van der Waals surface area contributed by atoms with Gasteiger partial charge in [-0.15, -0.1) is 0 Å². The van der Waals surface area contributed by atoms with Gasteiger partial charge >= 0.3 is 0 Å². The lowest BCUT2D eigenvalue weighted by Crippen LogP contribution is -2.09. The van der Waals surface area contributed by atoms with Gasteiger partial charge in [-0.2, -0.15) is 0 Å². The van der Waals surface area contributed by atoms with E-state index in [1.54, 1.807) is 12.3 Å². The van der Waals surface area contributed by atoms with E-state index >= 15 is 0 Å². The number of nitrogens with zero attached hydrogens (tertiary/aromatic N) is 3. The van der Waals surface area contributed by atoms with Crippen LogP contribution in [0.5, 0.6) is 0 Å². The van der Waals surface area contributed by atoms with Crippen LogP contribution in [0.1, 0.15) is 18.5 Å². The number of aromatic nitrogens is 1. The van der Waals surface area contributed by atoms with E-state index in [9.17, 15) is 0 Å². The Hall–Kier alpha value is -2.55. The summed E-state index contributed by atoms with van der Waals surface area (Å²) in [5.41, 5.74) is 3.21. The highest BCUT2D eigenvalue weighted by atomic mass is 14.8. The predicted molar refractivity (Wildman–Crippen MR) is 85.9 cm³/mol. The minimum Gasteiger partial charge on any atom is -0.255 e. The van der Waals surface area contributed by atoms with E-state index in [0.717, 1.165) is 29.9 Å². The van der Waals surface area contributed by atoms with Crippen molar-refractivity contribution in [2.24, 2.45) is 9.98 Å². The third-order valence-corrected chi connectivity index (χ3v) is 2.80. The molecule has 0 bridgehead atoms. The van der Waals surface area contributed by atoms with Crippen molar-refractivity contribution >= 4 is 17.1 Å². The molecule has 0 unspecified atom stereocenters. The molecular weight excluding hydrogens is 246 g/mol. The number of rotatable bonds is 4. The molecule has 1 aliphatic rings. The highest BCUT2D eigenvalue weighted by Crippen LogP contribution is 2.17. The maximum atomic E-state index is 4.67. The minimum absolute atomic E-state index is 0.708. The van der Waals surface area contributed by atoms with Gasteiger partial charge in [-0.05, 0) is 37.1 Å². The molecule has 1 aliphatic heterocycles. The standard InChI is InChI=1S/C17H17N3/c1-3-14(18-4-2)16-11-6-5-7-12-17(20-16)15-10-8-9-13-19-15/h3-4,6,8-13H,1-2,5,7H2/b11-6?,17-12-,18-14?,20-16?. The molecule has 3 heteroatoms. The third kappa shape index (κ3) is 3.48. The van der Waals surface area contributed by atoms with Gasteiger partial charge in [0.1, 0.15) is 0 Å². The van der Waals surface area contributed by atoms with Crippen LogP contribution in [-0.4, -0.2) is 16.4 Å². The second-order valence-electron chi connectivity index (χ2n) is 4.18. The Morgan fingerprint density at radius 1 is 1.25 bits per heavy atom. The molecule has 2 rings (SSSR count). The van der Waals surface area contributed by atoms with E-state index in [1.807, 2.05) is 24.3 Å². The van der Waals surface area contributed by atoms with Crippen LogP contribution >= 0.6 is 0 Å². The number of hydrogen-bond acceptors (Lipinski definition) is 3. The first-order valence-electron chi connectivity index (χ1n) is 6.53. The second-order valence-corrected chi connectivity index (χ2v) is 4.18. The fraction of sp³-hybridized carbons (Fsp3) is 0.118. The monoisotopic (exact) mass is 263 g/mol. The van der Waals surface area contributed by atoms with Crippen molar-refractivity contribution in [3.63, 3.8) is 0 Å². The normalized spacial score (nSPS) is 18.3. The maximum Gasteiger partial charge on any atom is 0.0890 e. The van der Waals surface area contributed by atoms with Gasteiger partial charge in [0.25, 0.3) is 0 Å². The van der Waals surface area contributed by atoms with E-state index in [-0.39, 0.29) is 0 Å². The zero-order valence-corrected chi connectivity index (χ0v) is 11.4. The molecule has 0 radical (unpaired) electrons. The van der Waals surface area contributed by atoms with Gasteiger partial charge in [0, 0.05) is 12.4 Å². The molecule has 2 heterocycles. The van der Waals surface area contributed by atoms with E-state index in [1.165, 1.54) is 6.20 Å². The average Bonchev–Trinajstić information content (AvgIpc) is 2.46. The Balaban J connectivity index is 2.46. The van der Waals surface area contributed by atoms with Gasteiger partial charge in [-0.25, -0.2) is 4.99 Å². The Bertz CT molecular complexity index is 604. The SMILES string of the molecule is C=CN=C(C=C)C1=N/C(c2ccccn2)=C\CCC=C1. The summed E-state index contributed by atoms with van der Waals surface area (Å²) in [6.07, 6.45) is 13.0. The molecule has 20 heavy (non-hydrogen) atoms. The molecule has 0 aliphatic carbocycles. The van der Waals surface area contributed by atoms with Crippen LogP contribution in [0.3, 0.4) is 0 Å². The Kier molecular flexibility index (Phi) is 4.95. The second kappa shape index (κ2) is 7.14. The fourth-order valence-corrected chi connectivity index (χ4v) is 1.86. The number of aliphatic imine (C=N–C) groups is 2. The number of pyridine rings is 1. The average molecular weight is 263 g/mol. The molecule has 0 saturated heterocycles. The lowest BCUT2D eigenvalue weighted by atomic mass is 10.1. The fourth-order valence-electron chi connectivity index (χ4n) is 1.86. The van der Waals surface area contributed by atoms with E-state index in [4.69, 9.17) is 0 Å². The molecule has 1 aromatic rings. The summed E-state index contributed by atoms with van der Waals surface area (Å²) in [4.78, 5) is 13.2. The van der Waals surface area contributed by atoms with Crippen LogP contribution in [0.15, 0.2) is 78.0 Å². The molecule has 0 amide bonds. The van der Waals surface area contributed by atoms with Gasteiger partial charge in [0.05, 0.1) is 22.8 Å². The molecule has 0 atom stereocenters. The summed E-state index contributed by atoms with van der Waals surface area (Å²) >= 11 is 0. The van der Waals surface area contributed by atoms with Crippen LogP contribution in [-0.2, 0) is 0 Å². The van der Waals surface area contributed by atoms with E-state index in [2.05, 4.69) is 40.3 Å². The highest BCUT2D eigenvalue weighted by Gasteiger charge is 2.07. The van der Waals surface area contributed by atoms with Crippen LogP contribution < -0.4 is 0 Å². The zero-order valence-electron chi connectivity index (χ0n) is 11.4. The summed E-state index contributed by atoms with van der Waals surface area (Å²) in [5.74, 6) is 0. The zero-order chi connectivity index (χ0) is 14.2. The Morgan fingerprint density at radius 3 is 2.85 bits per heavy atom. The van der Waals surface area contributed by atoms with Crippen LogP contribution in [0.4, 0.5) is 0 Å². The molecule has 100 valence electrons. The van der Waals surface area contributed by atoms with Crippen LogP contribution in [0.25, 0.3) is 5.70 Å². The van der Waals surface area contributed by atoms with E-state index < -0.39 is 0 Å². The highest BCUT2D eigenvalue weighted by molar-refractivity contribution is 6.50. The molecule has 3 nitrogen and oxygen atoms in total. The van der Waals surface area contributed by atoms with Crippen molar-refractivity contribution in [3.05, 3.63) is 73.8 Å². The van der Waals surface area contributed by atoms with Gasteiger partial charge < -0.3 is 0 Å². The van der Waals surface area contributed by atoms with Gasteiger partial charge in [-0.3, -0.25) is 9.98 Å². The summed E-state index contributed by atoms with van der Waals surface area (Å²) < 4.78 is 0. The molecule has 0 N–H and O–H groups in total. The van der Waals surface area contributed by atoms with Crippen LogP contribution in [0, 0.1) is 0 Å². The molecule has 0 fully saturated rings. The maximum absolute atomic E-state index is 4.67. The van der Waals surface area contributed by atoms with Crippen molar-refractivity contribution in [2.75, 3.05) is 0 Å². The lowest BCUT2D eigenvalue weighted by molar-refractivity contribution is 1.04. The Labute approximate surface area is 119 Å². The predicted octanol–water partition coefficient (Wildman–Crippen LogP) is 3.98. The first-order valence-corrected chi connectivity index (χ1v) is 6.53. The molecule has 0 saturated carbocycles. The molecule has 0 spiro atoms. The van der Waals surface area contributed by atoms with Gasteiger partial charge in [-0.1, -0.05) is 31.4 Å². The number of hydrogen-bond donors (Lipinski definition) is 0. The van der Waals surface area contributed by atoms with Crippen molar-refractivity contribution in [1.29, 1.82) is 0 Å². The summed E-state index contributed by atoms with van der Waals surface area (Å²) in [6.45, 7) is 7.40. The quantitative estimate of drug-likeness (QED) is 0.757. The topological polar surface area (TPSA) is 37.6 Å². The Morgan fingerprint density at radius 2 is 2.15 bits per heavy atom. The third-order valence-electron chi connectivity index (χ3n) is 2.80. The largest absolute Gasteiger partial charge is 0.255 e. The molecule has 1 aromatic heterocycles. The van der Waals surface area contributed by atoms with Crippen LogP contribution in [0.2, 0.25) is 0 Å². The van der Waals surface area contributed by atoms with Crippen molar-refractivity contribution < 1.29 is 0 Å². The van der Waals surface area contributed by atoms with Crippen molar-refractivity contribution in [2.45, 2.75) is 12.8 Å². The van der Waals surface area contributed by atoms with Gasteiger partial charge in [0.15, 0.2) is 0 Å². The summed E-state index contributed by atoms with van der Waals surface area (Å²) in [7, 11) is 0. The van der Waals surface area contributed by atoms with Crippen molar-refractivity contribution in [1.82, 2.24) is 4.98 Å². The first kappa shape index (κ1) is 13.9. The lowest BCUT2D eigenvalue weighted by Gasteiger charge is -2.07. The summed E-state index contributed by atoms with van der Waals surface area (Å²) in [6, 6.07) is 5.81. The minimum atomic E-state index is 0.708. The molecular formula is C17H17N3. The smallest absolute Gasteiger partial charge is 0.0890 e. The van der Waals surface area contributed by atoms with Gasteiger partial charge in [0.2, 0.25) is 0 Å².